The number of pyridine rings is 1. The van der Waals surface area contributed by atoms with E-state index in [1.807, 2.05) is 0 Å². The molecule has 0 N–H and O–H groups in total. The number of hydrogen-bond donors (Lipinski definition) is 0. The summed E-state index contributed by atoms with van der Waals surface area (Å²) >= 11 is 0. The second kappa shape index (κ2) is 8.73. The summed E-state index contributed by atoms with van der Waals surface area (Å²) in [5.41, 5.74) is -3.06. The number of benzene rings is 2. The summed E-state index contributed by atoms with van der Waals surface area (Å²) in [4.78, 5) is 20.5. The summed E-state index contributed by atoms with van der Waals surface area (Å²) < 4.78 is 105. The molecule has 0 radical (unpaired) electrons. The van der Waals surface area contributed by atoms with Gasteiger partial charge >= 0.3 is 12.4 Å². The minimum Gasteiger partial charge on any atom is -0.268 e. The Balaban J connectivity index is 1.95. The molecule has 4 aromatic rings. The van der Waals surface area contributed by atoms with Crippen molar-refractivity contribution in [2.24, 2.45) is 0 Å². The average Bonchev–Trinajstić information content (AvgIpc) is 2.83. The van der Waals surface area contributed by atoms with E-state index in [4.69, 9.17) is 0 Å². The Kier molecular flexibility index (Phi) is 6.15. The molecule has 0 atom stereocenters. The van der Waals surface area contributed by atoms with Crippen LogP contribution in [0.1, 0.15) is 18.1 Å². The third-order valence-electron chi connectivity index (χ3n) is 5.38. The zero-order valence-corrected chi connectivity index (χ0v) is 19.0. The maximum Gasteiger partial charge on any atom is 0.416 e. The molecule has 4 rings (SSSR count). The fourth-order valence-electron chi connectivity index (χ4n) is 3.48. The van der Waals surface area contributed by atoms with Crippen LogP contribution in [0.3, 0.4) is 0 Å². The number of alkyl halides is 6. The van der Waals surface area contributed by atoms with Gasteiger partial charge in [-0.3, -0.25) is 4.79 Å². The SMILES string of the molecule is CCS(=O)(=O)c1cc(-c2cccc(C(F)(F)F)c2)cnc1-n1cnc2ccc(C(F)(F)F)cc2c1=O. The smallest absolute Gasteiger partial charge is 0.268 e. The number of fused-ring (bicyclic) bond motifs is 1. The Morgan fingerprint density at radius 2 is 1.53 bits per heavy atom. The van der Waals surface area contributed by atoms with Gasteiger partial charge in [0.05, 0.1) is 27.8 Å². The van der Waals surface area contributed by atoms with Crippen molar-refractivity contribution in [3.63, 3.8) is 0 Å². The van der Waals surface area contributed by atoms with Gasteiger partial charge in [0.2, 0.25) is 0 Å². The minimum atomic E-state index is -4.73. The molecule has 0 saturated carbocycles. The van der Waals surface area contributed by atoms with Gasteiger partial charge in [-0.05, 0) is 42.0 Å². The Hall–Kier alpha value is -3.74. The van der Waals surface area contributed by atoms with Gasteiger partial charge in [0.25, 0.3) is 5.56 Å². The number of aromatic nitrogens is 3. The van der Waals surface area contributed by atoms with Crippen LogP contribution in [0, 0.1) is 0 Å². The number of rotatable bonds is 4. The van der Waals surface area contributed by atoms with E-state index in [0.29, 0.717) is 10.6 Å². The topological polar surface area (TPSA) is 81.9 Å². The third-order valence-corrected chi connectivity index (χ3v) is 7.12. The van der Waals surface area contributed by atoms with Crippen molar-refractivity contribution in [2.45, 2.75) is 24.2 Å². The molecule has 0 aliphatic heterocycles. The van der Waals surface area contributed by atoms with Crippen molar-refractivity contribution in [3.05, 3.63) is 82.5 Å². The highest BCUT2D eigenvalue weighted by molar-refractivity contribution is 7.91. The average molecular weight is 527 g/mol. The summed E-state index contributed by atoms with van der Waals surface area (Å²) in [5, 5.41) is -0.420. The van der Waals surface area contributed by atoms with E-state index < -0.39 is 60.7 Å². The van der Waals surface area contributed by atoms with Crippen molar-refractivity contribution in [2.75, 3.05) is 5.75 Å². The first kappa shape index (κ1) is 25.4. The molecule has 0 amide bonds. The van der Waals surface area contributed by atoms with Gasteiger partial charge in [-0.25, -0.2) is 23.0 Å². The molecule has 0 fully saturated rings. The van der Waals surface area contributed by atoms with E-state index in [1.165, 1.54) is 13.0 Å². The lowest BCUT2D eigenvalue weighted by Crippen LogP contribution is -2.23. The third kappa shape index (κ3) is 4.70. The molecule has 0 spiro atoms. The molecular weight excluding hydrogens is 512 g/mol. The van der Waals surface area contributed by atoms with Crippen LogP contribution in [0.5, 0.6) is 0 Å². The van der Waals surface area contributed by atoms with Crippen LogP contribution in [0.25, 0.3) is 27.8 Å². The van der Waals surface area contributed by atoms with E-state index in [0.717, 1.165) is 48.9 Å². The zero-order chi connectivity index (χ0) is 26.5. The largest absolute Gasteiger partial charge is 0.416 e. The molecule has 2 aromatic carbocycles. The van der Waals surface area contributed by atoms with Crippen molar-refractivity contribution < 1.29 is 34.8 Å². The van der Waals surface area contributed by atoms with Gasteiger partial charge in [0.15, 0.2) is 15.7 Å². The van der Waals surface area contributed by atoms with Crippen molar-refractivity contribution >= 4 is 20.7 Å². The number of halogens is 6. The second-order valence-corrected chi connectivity index (χ2v) is 9.92. The number of hydrogen-bond acceptors (Lipinski definition) is 5. The molecule has 0 aliphatic carbocycles. The maximum atomic E-state index is 13.2. The van der Waals surface area contributed by atoms with Crippen LogP contribution in [0.4, 0.5) is 26.3 Å². The summed E-state index contributed by atoms with van der Waals surface area (Å²) in [6.07, 6.45) is -7.37. The predicted octanol–water partition coefficient (Wildman–Crippen LogP) is 5.28. The maximum absolute atomic E-state index is 13.2. The van der Waals surface area contributed by atoms with Gasteiger partial charge in [0, 0.05) is 11.8 Å². The van der Waals surface area contributed by atoms with Gasteiger partial charge in [0.1, 0.15) is 11.2 Å². The van der Waals surface area contributed by atoms with Crippen molar-refractivity contribution in [1.82, 2.24) is 14.5 Å². The van der Waals surface area contributed by atoms with Gasteiger partial charge < -0.3 is 0 Å². The predicted molar refractivity (Wildman–Crippen MR) is 118 cm³/mol. The van der Waals surface area contributed by atoms with Crippen LogP contribution in [-0.2, 0) is 22.2 Å². The van der Waals surface area contributed by atoms with Gasteiger partial charge in [-0.2, -0.15) is 26.3 Å². The molecule has 2 heterocycles. The van der Waals surface area contributed by atoms with Crippen LogP contribution < -0.4 is 5.56 Å². The first-order chi connectivity index (χ1) is 16.7. The highest BCUT2D eigenvalue weighted by Crippen LogP contribution is 2.34. The monoisotopic (exact) mass is 527 g/mol. The fourth-order valence-corrected chi connectivity index (χ4v) is 4.53. The fraction of sp³-hybridized carbons (Fsp3) is 0.174. The molecule has 0 bridgehead atoms. The first-order valence-corrected chi connectivity index (χ1v) is 11.9. The summed E-state index contributed by atoms with van der Waals surface area (Å²) in [6, 6.07) is 7.59. The van der Waals surface area contributed by atoms with E-state index >= 15 is 0 Å². The van der Waals surface area contributed by atoms with Crippen LogP contribution in [0.15, 0.2) is 70.7 Å². The molecule has 13 heteroatoms. The molecule has 6 nitrogen and oxygen atoms in total. The normalized spacial score (nSPS) is 12.8. The van der Waals surface area contributed by atoms with Crippen molar-refractivity contribution in [3.8, 4) is 16.9 Å². The van der Waals surface area contributed by atoms with E-state index in [2.05, 4.69) is 9.97 Å². The summed E-state index contributed by atoms with van der Waals surface area (Å²) in [6.45, 7) is 1.31. The minimum absolute atomic E-state index is 0.0234. The summed E-state index contributed by atoms with van der Waals surface area (Å²) in [5.74, 6) is -0.883. The molecule has 2 aromatic heterocycles. The first-order valence-electron chi connectivity index (χ1n) is 10.2. The van der Waals surface area contributed by atoms with Gasteiger partial charge in [-0.1, -0.05) is 19.1 Å². The van der Waals surface area contributed by atoms with Gasteiger partial charge in [-0.15, -0.1) is 0 Å². The lowest BCUT2D eigenvalue weighted by Gasteiger charge is -2.14. The quantitative estimate of drug-likeness (QED) is 0.338. The van der Waals surface area contributed by atoms with Crippen LogP contribution in [-0.4, -0.2) is 28.7 Å². The molecule has 0 unspecified atom stereocenters. The standard InChI is InChI=1S/C23H15F6N3O3S/c1-2-36(34,35)19-9-14(13-4-3-5-15(8-13)22(24,25)26)11-30-20(19)32-12-31-18-7-6-16(23(27,28)29)10-17(18)21(32)33/h3-12H,2H2,1H3. The zero-order valence-electron chi connectivity index (χ0n) is 18.2. The highest BCUT2D eigenvalue weighted by atomic mass is 32.2. The van der Waals surface area contributed by atoms with E-state index in [9.17, 15) is 39.6 Å². The number of sulfone groups is 1. The lowest BCUT2D eigenvalue weighted by atomic mass is 10.0. The Labute approximate surface area is 199 Å². The van der Waals surface area contributed by atoms with Crippen molar-refractivity contribution in [1.29, 1.82) is 0 Å². The Morgan fingerprint density at radius 3 is 2.17 bits per heavy atom. The Bertz CT molecular complexity index is 1640. The van der Waals surface area contributed by atoms with Crippen LogP contribution in [0.2, 0.25) is 0 Å². The molecule has 0 aliphatic rings. The summed E-state index contributed by atoms with van der Waals surface area (Å²) in [7, 11) is -4.10. The van der Waals surface area contributed by atoms with Crippen LogP contribution >= 0.6 is 0 Å². The van der Waals surface area contributed by atoms with E-state index in [-0.39, 0.29) is 16.6 Å². The lowest BCUT2D eigenvalue weighted by molar-refractivity contribution is -0.138. The highest BCUT2D eigenvalue weighted by Gasteiger charge is 2.32. The molecule has 36 heavy (non-hydrogen) atoms. The molecular formula is C23H15F6N3O3S. The Morgan fingerprint density at radius 1 is 0.861 bits per heavy atom. The number of nitrogens with zero attached hydrogens (tertiary/aromatic N) is 3. The van der Waals surface area contributed by atoms with E-state index in [1.54, 1.807) is 0 Å². The molecule has 0 saturated heterocycles. The second-order valence-electron chi connectivity index (χ2n) is 7.68. The molecule has 188 valence electrons.